The van der Waals surface area contributed by atoms with E-state index in [-0.39, 0.29) is 11.9 Å². The first-order valence-electron chi connectivity index (χ1n) is 8.55. The molecular weight excluding hydrogens is 336 g/mol. The minimum absolute atomic E-state index is 0.0468. The summed E-state index contributed by atoms with van der Waals surface area (Å²) in [6.45, 7) is 5.96. The highest BCUT2D eigenvalue weighted by Gasteiger charge is 2.25. The molecule has 1 aliphatic heterocycles. The van der Waals surface area contributed by atoms with E-state index in [1.54, 1.807) is 6.20 Å². The Hall–Kier alpha value is -2.11. The molecule has 0 saturated carbocycles. The monoisotopic (exact) mass is 358 g/mol. The van der Waals surface area contributed by atoms with Gasteiger partial charge < -0.3 is 10.2 Å². The Balaban J connectivity index is 1.48. The summed E-state index contributed by atoms with van der Waals surface area (Å²) in [6.07, 6.45) is 1.74. The lowest BCUT2D eigenvalue weighted by molar-refractivity contribution is -0.126. The van der Waals surface area contributed by atoms with Crippen molar-refractivity contribution in [1.29, 1.82) is 0 Å². The summed E-state index contributed by atoms with van der Waals surface area (Å²) in [5.74, 6) is 0.0468. The Bertz CT molecular complexity index is 684. The van der Waals surface area contributed by atoms with Gasteiger partial charge in [0.05, 0.1) is 18.3 Å². The quantitative estimate of drug-likeness (QED) is 0.892. The van der Waals surface area contributed by atoms with Crippen molar-refractivity contribution in [3.63, 3.8) is 0 Å². The van der Waals surface area contributed by atoms with Crippen LogP contribution in [0.1, 0.15) is 12.6 Å². The van der Waals surface area contributed by atoms with Crippen LogP contribution >= 0.6 is 11.6 Å². The van der Waals surface area contributed by atoms with Gasteiger partial charge in [0.1, 0.15) is 0 Å². The molecule has 1 amide bonds. The van der Waals surface area contributed by atoms with Crippen LogP contribution in [-0.2, 0) is 11.3 Å². The number of halogens is 1. The number of nitrogens with one attached hydrogen (secondary N) is 1. The standard InChI is InChI=1S/C19H23ClN4O/c1-15(19(25)22-14-17-4-2-3-9-21-17)23-10-12-24(13-11-23)18-7-5-16(20)6-8-18/h2-9,15H,10-14H2,1H3,(H,22,25)/t15-/m1/s1. The fourth-order valence-corrected chi connectivity index (χ4v) is 3.14. The molecule has 0 unspecified atom stereocenters. The molecule has 1 fully saturated rings. The van der Waals surface area contributed by atoms with E-state index in [1.165, 1.54) is 5.69 Å². The number of piperazine rings is 1. The van der Waals surface area contributed by atoms with Crippen LogP contribution in [-0.4, -0.2) is 48.0 Å². The van der Waals surface area contributed by atoms with Crippen LogP contribution in [0.5, 0.6) is 0 Å². The summed E-state index contributed by atoms with van der Waals surface area (Å²) in [5, 5.41) is 3.72. The predicted octanol–water partition coefficient (Wildman–Crippen LogP) is 2.56. The Kier molecular flexibility index (Phi) is 5.89. The van der Waals surface area contributed by atoms with E-state index in [9.17, 15) is 4.79 Å². The highest BCUT2D eigenvalue weighted by Crippen LogP contribution is 2.20. The Morgan fingerprint density at radius 3 is 2.52 bits per heavy atom. The van der Waals surface area contributed by atoms with Gasteiger partial charge in [0.15, 0.2) is 0 Å². The van der Waals surface area contributed by atoms with Gasteiger partial charge in [0, 0.05) is 43.1 Å². The molecule has 0 bridgehead atoms. The van der Waals surface area contributed by atoms with Gasteiger partial charge in [0.25, 0.3) is 0 Å². The third-order valence-electron chi connectivity index (χ3n) is 4.60. The Morgan fingerprint density at radius 2 is 1.88 bits per heavy atom. The molecule has 0 spiro atoms. The number of nitrogens with zero attached hydrogens (tertiary/aromatic N) is 3. The van der Waals surface area contributed by atoms with Gasteiger partial charge in [-0.25, -0.2) is 0 Å². The summed E-state index contributed by atoms with van der Waals surface area (Å²) in [5.41, 5.74) is 2.05. The molecular formula is C19H23ClN4O. The predicted molar refractivity (Wildman–Crippen MR) is 101 cm³/mol. The summed E-state index contributed by atoms with van der Waals surface area (Å²) in [7, 11) is 0. The number of hydrogen-bond acceptors (Lipinski definition) is 4. The van der Waals surface area contributed by atoms with Gasteiger partial charge in [-0.05, 0) is 43.3 Å². The van der Waals surface area contributed by atoms with Crippen LogP contribution in [0.3, 0.4) is 0 Å². The molecule has 1 atom stereocenters. The van der Waals surface area contributed by atoms with E-state index < -0.39 is 0 Å². The summed E-state index contributed by atoms with van der Waals surface area (Å²) >= 11 is 5.95. The van der Waals surface area contributed by atoms with Crippen LogP contribution < -0.4 is 10.2 Å². The van der Waals surface area contributed by atoms with Crippen molar-refractivity contribution in [2.75, 3.05) is 31.1 Å². The highest BCUT2D eigenvalue weighted by atomic mass is 35.5. The molecule has 3 rings (SSSR count). The number of aromatic nitrogens is 1. The van der Waals surface area contributed by atoms with Crippen LogP contribution in [0.15, 0.2) is 48.7 Å². The molecule has 2 heterocycles. The van der Waals surface area contributed by atoms with E-state index in [0.29, 0.717) is 6.54 Å². The van der Waals surface area contributed by atoms with Crippen molar-refractivity contribution in [2.24, 2.45) is 0 Å². The lowest BCUT2D eigenvalue weighted by Crippen LogP contribution is -2.53. The lowest BCUT2D eigenvalue weighted by atomic mass is 10.2. The van der Waals surface area contributed by atoms with Crippen molar-refractivity contribution in [1.82, 2.24) is 15.2 Å². The van der Waals surface area contributed by atoms with Crippen LogP contribution in [0, 0.1) is 0 Å². The molecule has 0 aliphatic carbocycles. The molecule has 5 nitrogen and oxygen atoms in total. The fourth-order valence-electron chi connectivity index (χ4n) is 3.01. The number of anilines is 1. The first-order valence-corrected chi connectivity index (χ1v) is 8.93. The molecule has 1 aromatic carbocycles. The second-order valence-electron chi connectivity index (χ2n) is 6.21. The SMILES string of the molecule is C[C@H](C(=O)NCc1ccccn1)N1CCN(c2ccc(Cl)cc2)CC1. The smallest absolute Gasteiger partial charge is 0.237 e. The van der Waals surface area contributed by atoms with Crippen LogP contribution in [0.25, 0.3) is 0 Å². The molecule has 1 aromatic heterocycles. The zero-order valence-electron chi connectivity index (χ0n) is 14.4. The Morgan fingerprint density at radius 1 is 1.16 bits per heavy atom. The number of pyridine rings is 1. The first-order chi connectivity index (χ1) is 12.1. The van der Waals surface area contributed by atoms with Gasteiger partial charge in [-0.2, -0.15) is 0 Å². The maximum absolute atomic E-state index is 12.4. The third kappa shape index (κ3) is 4.71. The molecule has 1 aliphatic rings. The summed E-state index contributed by atoms with van der Waals surface area (Å²) in [6, 6.07) is 13.5. The number of benzene rings is 1. The molecule has 2 aromatic rings. The van der Waals surface area contributed by atoms with Gasteiger partial charge in [-0.15, -0.1) is 0 Å². The first kappa shape index (κ1) is 17.7. The molecule has 1 saturated heterocycles. The number of carbonyl (C=O) groups is 1. The van der Waals surface area contributed by atoms with E-state index in [1.807, 2.05) is 49.4 Å². The van der Waals surface area contributed by atoms with E-state index >= 15 is 0 Å². The second-order valence-corrected chi connectivity index (χ2v) is 6.65. The van der Waals surface area contributed by atoms with E-state index in [0.717, 1.165) is 36.9 Å². The van der Waals surface area contributed by atoms with Crippen molar-refractivity contribution in [3.05, 3.63) is 59.4 Å². The number of hydrogen-bond donors (Lipinski definition) is 1. The molecule has 1 N–H and O–H groups in total. The highest BCUT2D eigenvalue weighted by molar-refractivity contribution is 6.30. The summed E-state index contributed by atoms with van der Waals surface area (Å²) in [4.78, 5) is 21.2. The maximum atomic E-state index is 12.4. The largest absolute Gasteiger partial charge is 0.369 e. The third-order valence-corrected chi connectivity index (χ3v) is 4.86. The van der Waals surface area contributed by atoms with Crippen molar-refractivity contribution < 1.29 is 4.79 Å². The zero-order valence-corrected chi connectivity index (χ0v) is 15.1. The molecule has 0 radical (unpaired) electrons. The van der Waals surface area contributed by atoms with Crippen LogP contribution in [0.2, 0.25) is 5.02 Å². The zero-order chi connectivity index (χ0) is 17.6. The van der Waals surface area contributed by atoms with Gasteiger partial charge in [-0.1, -0.05) is 17.7 Å². The normalized spacial score (nSPS) is 16.5. The van der Waals surface area contributed by atoms with Gasteiger partial charge in [0.2, 0.25) is 5.91 Å². The second kappa shape index (κ2) is 8.32. The van der Waals surface area contributed by atoms with E-state index in [2.05, 4.69) is 20.1 Å². The average molecular weight is 359 g/mol. The van der Waals surface area contributed by atoms with Gasteiger partial charge >= 0.3 is 0 Å². The summed E-state index contributed by atoms with van der Waals surface area (Å²) < 4.78 is 0. The van der Waals surface area contributed by atoms with E-state index in [4.69, 9.17) is 11.6 Å². The number of carbonyl (C=O) groups excluding carboxylic acids is 1. The number of rotatable bonds is 5. The van der Waals surface area contributed by atoms with Gasteiger partial charge in [-0.3, -0.25) is 14.7 Å². The number of amides is 1. The molecule has 25 heavy (non-hydrogen) atoms. The maximum Gasteiger partial charge on any atom is 0.237 e. The van der Waals surface area contributed by atoms with Crippen molar-refractivity contribution in [2.45, 2.75) is 19.5 Å². The molecule has 132 valence electrons. The van der Waals surface area contributed by atoms with Crippen molar-refractivity contribution in [3.8, 4) is 0 Å². The molecule has 6 heteroatoms. The van der Waals surface area contributed by atoms with Crippen molar-refractivity contribution >= 4 is 23.2 Å². The Labute approximate surface area is 153 Å². The average Bonchev–Trinajstić information content (AvgIpc) is 2.67. The minimum Gasteiger partial charge on any atom is -0.369 e. The minimum atomic E-state index is -0.143. The fraction of sp³-hybridized carbons (Fsp3) is 0.368. The topological polar surface area (TPSA) is 48.5 Å². The van der Waals surface area contributed by atoms with Crippen LogP contribution in [0.4, 0.5) is 5.69 Å². The lowest BCUT2D eigenvalue weighted by Gasteiger charge is -2.38.